The molecule has 0 aliphatic carbocycles. The van der Waals surface area contributed by atoms with Gasteiger partial charge in [-0.15, -0.1) is 0 Å². The molecule has 2 rings (SSSR count). The summed E-state index contributed by atoms with van der Waals surface area (Å²) in [7, 11) is -0.687. The van der Waals surface area contributed by atoms with E-state index in [0.717, 1.165) is 21.1 Å². The summed E-state index contributed by atoms with van der Waals surface area (Å²) in [5, 5.41) is 6.57. The van der Waals surface area contributed by atoms with Crippen LogP contribution in [-0.2, 0) is 10.0 Å². The number of nitrogens with zero attached hydrogens (tertiary/aromatic N) is 1. The first-order valence-corrected chi connectivity index (χ1v) is 10.3. The summed E-state index contributed by atoms with van der Waals surface area (Å²) in [5.74, 6) is 0.310. The Bertz CT molecular complexity index is 941. The van der Waals surface area contributed by atoms with E-state index >= 15 is 0 Å². The van der Waals surface area contributed by atoms with Crippen molar-refractivity contribution >= 4 is 38.7 Å². The first kappa shape index (κ1) is 21.1. The zero-order chi connectivity index (χ0) is 20.2. The minimum absolute atomic E-state index is 0.0916. The molecule has 0 saturated carbocycles. The van der Waals surface area contributed by atoms with Crippen LogP contribution in [0, 0.1) is 13.8 Å². The minimum Gasteiger partial charge on any atom is -0.492 e. The van der Waals surface area contributed by atoms with E-state index in [1.165, 1.54) is 20.2 Å². The lowest BCUT2D eigenvalue weighted by atomic mass is 10.1. The quantitative estimate of drug-likeness (QED) is 0.711. The molecule has 8 heteroatoms. The standard InChI is InChI=1S/C19H25N3O3S2/c1-6-25-17-10-9-15(12-18(17)27(23,24)22(4)5)20-19(26)21-16-11-13(2)7-8-14(16)3/h7-12H,6H2,1-5H3,(H2,20,21,26). The van der Waals surface area contributed by atoms with Gasteiger partial charge in [0.2, 0.25) is 10.0 Å². The third-order valence-electron chi connectivity index (χ3n) is 3.90. The Morgan fingerprint density at radius 1 is 1.11 bits per heavy atom. The first-order valence-electron chi connectivity index (χ1n) is 8.49. The molecular formula is C19H25N3O3S2. The number of benzene rings is 2. The van der Waals surface area contributed by atoms with Gasteiger partial charge < -0.3 is 15.4 Å². The fourth-order valence-corrected chi connectivity index (χ4v) is 3.69. The molecule has 27 heavy (non-hydrogen) atoms. The number of aryl methyl sites for hydroxylation is 2. The van der Waals surface area contributed by atoms with Crippen molar-refractivity contribution in [2.24, 2.45) is 0 Å². The second-order valence-electron chi connectivity index (χ2n) is 6.28. The van der Waals surface area contributed by atoms with Crippen LogP contribution in [0.4, 0.5) is 11.4 Å². The molecule has 0 amide bonds. The summed E-state index contributed by atoms with van der Waals surface area (Å²) in [6.45, 7) is 6.17. The fraction of sp³-hybridized carbons (Fsp3) is 0.316. The van der Waals surface area contributed by atoms with Crippen LogP contribution in [0.1, 0.15) is 18.1 Å². The second-order valence-corrected chi connectivity index (χ2v) is 8.81. The van der Waals surface area contributed by atoms with Gasteiger partial charge in [-0.05, 0) is 68.4 Å². The van der Waals surface area contributed by atoms with Crippen molar-refractivity contribution in [2.75, 3.05) is 31.3 Å². The summed E-state index contributed by atoms with van der Waals surface area (Å²) in [4.78, 5) is 0.0916. The van der Waals surface area contributed by atoms with E-state index in [-0.39, 0.29) is 4.90 Å². The molecule has 0 aliphatic rings. The molecule has 0 aromatic heterocycles. The molecule has 0 fully saturated rings. The summed E-state index contributed by atoms with van der Waals surface area (Å²) >= 11 is 5.38. The Morgan fingerprint density at radius 3 is 2.44 bits per heavy atom. The van der Waals surface area contributed by atoms with Gasteiger partial charge >= 0.3 is 0 Å². The number of anilines is 2. The van der Waals surface area contributed by atoms with Crippen molar-refractivity contribution in [3.05, 3.63) is 47.5 Å². The first-order chi connectivity index (χ1) is 12.6. The summed E-state index contributed by atoms with van der Waals surface area (Å²) in [6.07, 6.45) is 0. The van der Waals surface area contributed by atoms with Gasteiger partial charge in [0.15, 0.2) is 5.11 Å². The number of nitrogens with one attached hydrogen (secondary N) is 2. The highest BCUT2D eigenvalue weighted by Gasteiger charge is 2.23. The number of ether oxygens (including phenoxy) is 1. The molecule has 2 aromatic carbocycles. The molecule has 0 radical (unpaired) electrons. The fourth-order valence-electron chi connectivity index (χ4n) is 2.41. The van der Waals surface area contributed by atoms with Crippen molar-refractivity contribution in [2.45, 2.75) is 25.7 Å². The van der Waals surface area contributed by atoms with E-state index in [1.807, 2.05) is 32.0 Å². The average Bonchev–Trinajstić information content (AvgIpc) is 2.59. The summed E-state index contributed by atoms with van der Waals surface area (Å²) in [6, 6.07) is 10.9. The summed E-state index contributed by atoms with van der Waals surface area (Å²) < 4.78 is 31.8. The van der Waals surface area contributed by atoms with E-state index < -0.39 is 10.0 Å². The average molecular weight is 408 g/mol. The highest BCUT2D eigenvalue weighted by molar-refractivity contribution is 7.89. The molecule has 0 atom stereocenters. The van der Waals surface area contributed by atoms with E-state index in [1.54, 1.807) is 19.1 Å². The normalized spacial score (nSPS) is 11.3. The van der Waals surface area contributed by atoms with Gasteiger partial charge in [-0.25, -0.2) is 12.7 Å². The third kappa shape index (κ3) is 5.18. The summed E-state index contributed by atoms with van der Waals surface area (Å²) in [5.41, 5.74) is 3.64. The van der Waals surface area contributed by atoms with Gasteiger partial charge in [0.05, 0.1) is 6.61 Å². The number of hydrogen-bond donors (Lipinski definition) is 2. The Balaban J connectivity index is 2.28. The van der Waals surface area contributed by atoms with Crippen molar-refractivity contribution in [3.8, 4) is 5.75 Å². The van der Waals surface area contributed by atoms with Crippen LogP contribution in [0.25, 0.3) is 0 Å². The Kier molecular flexibility index (Phi) is 6.80. The van der Waals surface area contributed by atoms with Crippen LogP contribution in [-0.4, -0.2) is 38.5 Å². The maximum absolute atomic E-state index is 12.6. The van der Waals surface area contributed by atoms with Crippen LogP contribution in [0.15, 0.2) is 41.3 Å². The van der Waals surface area contributed by atoms with Gasteiger partial charge in [0.1, 0.15) is 10.6 Å². The van der Waals surface area contributed by atoms with Crippen LogP contribution < -0.4 is 15.4 Å². The van der Waals surface area contributed by atoms with Gasteiger partial charge in [-0.2, -0.15) is 0 Å². The van der Waals surface area contributed by atoms with Crippen molar-refractivity contribution in [1.29, 1.82) is 0 Å². The predicted octanol–water partition coefficient (Wildman–Crippen LogP) is 3.76. The Hall–Kier alpha value is -2.16. The molecule has 0 heterocycles. The molecule has 0 unspecified atom stereocenters. The topological polar surface area (TPSA) is 70.7 Å². The predicted molar refractivity (Wildman–Crippen MR) is 114 cm³/mol. The SMILES string of the molecule is CCOc1ccc(NC(=S)Nc2cc(C)ccc2C)cc1S(=O)(=O)N(C)C. The lowest BCUT2D eigenvalue weighted by Gasteiger charge is -2.18. The molecule has 0 spiro atoms. The number of sulfonamides is 1. The van der Waals surface area contributed by atoms with Crippen molar-refractivity contribution < 1.29 is 13.2 Å². The zero-order valence-corrected chi connectivity index (χ0v) is 17.8. The highest BCUT2D eigenvalue weighted by atomic mass is 32.2. The maximum atomic E-state index is 12.6. The molecule has 146 valence electrons. The van der Waals surface area contributed by atoms with E-state index in [0.29, 0.717) is 23.2 Å². The van der Waals surface area contributed by atoms with Gasteiger partial charge in [-0.3, -0.25) is 0 Å². The second kappa shape index (κ2) is 8.69. The van der Waals surface area contributed by atoms with Crippen molar-refractivity contribution in [1.82, 2.24) is 4.31 Å². The molecule has 2 aromatic rings. The molecular weight excluding hydrogens is 382 g/mol. The number of rotatable bonds is 6. The third-order valence-corrected chi connectivity index (χ3v) is 5.94. The van der Waals surface area contributed by atoms with Crippen LogP contribution in [0.3, 0.4) is 0 Å². The van der Waals surface area contributed by atoms with E-state index in [4.69, 9.17) is 17.0 Å². The van der Waals surface area contributed by atoms with Gasteiger partial charge in [0.25, 0.3) is 0 Å². The molecule has 2 N–H and O–H groups in total. The van der Waals surface area contributed by atoms with E-state index in [2.05, 4.69) is 10.6 Å². The highest BCUT2D eigenvalue weighted by Crippen LogP contribution is 2.29. The van der Waals surface area contributed by atoms with Crippen LogP contribution >= 0.6 is 12.2 Å². The van der Waals surface area contributed by atoms with Gasteiger partial charge in [-0.1, -0.05) is 12.1 Å². The van der Waals surface area contributed by atoms with E-state index in [9.17, 15) is 8.42 Å². The number of hydrogen-bond acceptors (Lipinski definition) is 4. The Labute approximate surface area is 166 Å². The largest absolute Gasteiger partial charge is 0.492 e. The molecule has 6 nitrogen and oxygen atoms in total. The lowest BCUT2D eigenvalue weighted by molar-refractivity contribution is 0.330. The monoisotopic (exact) mass is 407 g/mol. The number of thiocarbonyl (C=S) groups is 1. The lowest BCUT2D eigenvalue weighted by Crippen LogP contribution is -2.24. The van der Waals surface area contributed by atoms with Gasteiger partial charge in [0, 0.05) is 25.5 Å². The molecule has 0 saturated heterocycles. The Morgan fingerprint density at radius 2 is 1.81 bits per heavy atom. The zero-order valence-electron chi connectivity index (χ0n) is 16.2. The van der Waals surface area contributed by atoms with Crippen molar-refractivity contribution in [3.63, 3.8) is 0 Å². The minimum atomic E-state index is -3.65. The molecule has 0 bridgehead atoms. The molecule has 0 aliphatic heterocycles. The smallest absolute Gasteiger partial charge is 0.246 e. The van der Waals surface area contributed by atoms with Crippen LogP contribution in [0.2, 0.25) is 0 Å². The maximum Gasteiger partial charge on any atom is 0.246 e. The van der Waals surface area contributed by atoms with Crippen LogP contribution in [0.5, 0.6) is 5.75 Å².